The van der Waals surface area contributed by atoms with Gasteiger partial charge in [0.05, 0.1) is 5.69 Å². The molecule has 9 heteroatoms. The third-order valence-electron chi connectivity index (χ3n) is 4.33. The zero-order valence-corrected chi connectivity index (χ0v) is 16.2. The number of halogens is 1. The Bertz CT molecular complexity index is 1320. The maximum absolute atomic E-state index is 12.3. The number of hydrogen-bond donors (Lipinski definition) is 1. The molecule has 142 valence electrons. The SMILES string of the molecule is Cc1ccn(-c2nc3[nH]ccc(=O)c3nc2-c2cc(Cl)c(=O)n(C(C)C)c2)n1. The van der Waals surface area contributed by atoms with E-state index in [1.807, 2.05) is 26.8 Å². The van der Waals surface area contributed by atoms with Gasteiger partial charge in [-0.05, 0) is 32.9 Å². The Labute approximate surface area is 164 Å². The van der Waals surface area contributed by atoms with Crippen molar-refractivity contribution in [3.8, 4) is 17.1 Å². The lowest BCUT2D eigenvalue weighted by Crippen LogP contribution is -2.22. The van der Waals surface area contributed by atoms with E-state index in [1.54, 1.807) is 17.1 Å². The summed E-state index contributed by atoms with van der Waals surface area (Å²) in [7, 11) is 0. The van der Waals surface area contributed by atoms with Gasteiger partial charge in [0.2, 0.25) is 5.43 Å². The lowest BCUT2D eigenvalue weighted by Gasteiger charge is -2.14. The molecule has 0 spiro atoms. The standard InChI is InChI=1S/C19H17ClN6O2/c1-10(2)25-9-12(8-13(20)19(25)28)15-18(26-7-5-11(3)24-26)23-17-16(22-15)14(27)4-6-21-17/h4-10H,1-3H3,(H,21,23,27). The first-order valence-electron chi connectivity index (χ1n) is 8.69. The number of pyridine rings is 2. The number of aromatic amines is 1. The first-order chi connectivity index (χ1) is 13.3. The van der Waals surface area contributed by atoms with Gasteiger partial charge < -0.3 is 9.55 Å². The molecular weight excluding hydrogens is 380 g/mol. The summed E-state index contributed by atoms with van der Waals surface area (Å²) in [4.78, 5) is 36.7. The minimum absolute atomic E-state index is 0.0673. The molecule has 0 aliphatic heterocycles. The summed E-state index contributed by atoms with van der Waals surface area (Å²) < 4.78 is 3.11. The molecule has 4 heterocycles. The fourth-order valence-electron chi connectivity index (χ4n) is 2.94. The molecule has 1 N–H and O–H groups in total. The van der Waals surface area contributed by atoms with Crippen molar-refractivity contribution in [3.05, 3.63) is 68.1 Å². The van der Waals surface area contributed by atoms with Crippen LogP contribution in [0.25, 0.3) is 28.2 Å². The van der Waals surface area contributed by atoms with Crippen LogP contribution >= 0.6 is 11.6 Å². The predicted molar refractivity (Wildman–Crippen MR) is 107 cm³/mol. The van der Waals surface area contributed by atoms with E-state index >= 15 is 0 Å². The zero-order valence-electron chi connectivity index (χ0n) is 15.5. The van der Waals surface area contributed by atoms with E-state index in [0.717, 1.165) is 5.69 Å². The van der Waals surface area contributed by atoms with Crippen molar-refractivity contribution in [2.24, 2.45) is 0 Å². The lowest BCUT2D eigenvalue weighted by atomic mass is 10.2. The second-order valence-corrected chi connectivity index (χ2v) is 7.13. The molecule has 0 saturated carbocycles. The fourth-order valence-corrected chi connectivity index (χ4v) is 3.16. The molecule has 8 nitrogen and oxygen atoms in total. The van der Waals surface area contributed by atoms with Crippen LogP contribution in [-0.4, -0.2) is 29.3 Å². The quantitative estimate of drug-likeness (QED) is 0.574. The smallest absolute Gasteiger partial charge is 0.269 e. The summed E-state index contributed by atoms with van der Waals surface area (Å²) in [6.07, 6.45) is 4.95. The van der Waals surface area contributed by atoms with Crippen molar-refractivity contribution in [1.29, 1.82) is 0 Å². The van der Waals surface area contributed by atoms with Crippen molar-refractivity contribution >= 4 is 22.8 Å². The summed E-state index contributed by atoms with van der Waals surface area (Å²) in [5, 5.41) is 4.48. The number of nitrogens with zero attached hydrogens (tertiary/aromatic N) is 5. The van der Waals surface area contributed by atoms with Gasteiger partial charge in [0.1, 0.15) is 10.7 Å². The fraction of sp³-hybridized carbons (Fsp3) is 0.211. The minimum atomic E-state index is -0.288. The highest BCUT2D eigenvalue weighted by Crippen LogP contribution is 2.26. The van der Waals surface area contributed by atoms with E-state index < -0.39 is 0 Å². The Morgan fingerprint density at radius 2 is 1.96 bits per heavy atom. The van der Waals surface area contributed by atoms with Gasteiger partial charge >= 0.3 is 0 Å². The third kappa shape index (κ3) is 3.01. The molecule has 0 fully saturated rings. The Morgan fingerprint density at radius 3 is 2.64 bits per heavy atom. The van der Waals surface area contributed by atoms with Gasteiger partial charge in [-0.3, -0.25) is 9.59 Å². The molecule has 0 unspecified atom stereocenters. The lowest BCUT2D eigenvalue weighted by molar-refractivity contribution is 0.579. The molecule has 0 aliphatic carbocycles. The maximum Gasteiger partial charge on any atom is 0.269 e. The summed E-state index contributed by atoms with van der Waals surface area (Å²) in [5.74, 6) is 0.424. The summed E-state index contributed by atoms with van der Waals surface area (Å²) >= 11 is 6.19. The Morgan fingerprint density at radius 1 is 1.18 bits per heavy atom. The van der Waals surface area contributed by atoms with Crippen LogP contribution in [0.15, 0.2) is 46.4 Å². The molecule has 0 aliphatic rings. The minimum Gasteiger partial charge on any atom is -0.345 e. The summed E-state index contributed by atoms with van der Waals surface area (Å²) in [6.45, 7) is 5.63. The van der Waals surface area contributed by atoms with Crippen molar-refractivity contribution in [2.75, 3.05) is 0 Å². The number of fused-ring (bicyclic) bond motifs is 1. The van der Waals surface area contributed by atoms with Crippen LogP contribution in [0.4, 0.5) is 0 Å². The summed E-state index contributed by atoms with van der Waals surface area (Å²) in [5.41, 5.74) is 1.78. The average Bonchev–Trinajstić information content (AvgIpc) is 3.09. The van der Waals surface area contributed by atoms with Crippen LogP contribution in [0.3, 0.4) is 0 Å². The molecule has 4 aromatic rings. The number of hydrogen-bond acceptors (Lipinski definition) is 5. The highest BCUT2D eigenvalue weighted by Gasteiger charge is 2.18. The van der Waals surface area contributed by atoms with E-state index in [0.29, 0.717) is 22.7 Å². The maximum atomic E-state index is 12.3. The highest BCUT2D eigenvalue weighted by molar-refractivity contribution is 6.30. The number of rotatable bonds is 3. The average molecular weight is 397 g/mol. The number of aryl methyl sites for hydroxylation is 1. The van der Waals surface area contributed by atoms with E-state index in [9.17, 15) is 9.59 Å². The largest absolute Gasteiger partial charge is 0.345 e. The van der Waals surface area contributed by atoms with E-state index in [1.165, 1.54) is 22.9 Å². The van der Waals surface area contributed by atoms with Crippen molar-refractivity contribution < 1.29 is 0 Å². The molecule has 4 aromatic heterocycles. The molecular formula is C19H17ClN6O2. The van der Waals surface area contributed by atoms with Crippen LogP contribution in [0.1, 0.15) is 25.6 Å². The number of aromatic nitrogens is 6. The van der Waals surface area contributed by atoms with Crippen molar-refractivity contribution in [2.45, 2.75) is 26.8 Å². The van der Waals surface area contributed by atoms with Crippen molar-refractivity contribution in [3.63, 3.8) is 0 Å². The second-order valence-electron chi connectivity index (χ2n) is 6.72. The highest BCUT2D eigenvalue weighted by atomic mass is 35.5. The van der Waals surface area contributed by atoms with Crippen LogP contribution in [0, 0.1) is 6.92 Å². The molecule has 28 heavy (non-hydrogen) atoms. The zero-order chi connectivity index (χ0) is 20.0. The van der Waals surface area contributed by atoms with Gasteiger partial charge in [0.15, 0.2) is 17.0 Å². The second kappa shape index (κ2) is 6.72. The van der Waals surface area contributed by atoms with E-state index in [4.69, 9.17) is 11.6 Å². The van der Waals surface area contributed by atoms with Crippen LogP contribution < -0.4 is 11.0 Å². The monoisotopic (exact) mass is 396 g/mol. The van der Waals surface area contributed by atoms with Crippen LogP contribution in [-0.2, 0) is 0 Å². The van der Waals surface area contributed by atoms with Gasteiger partial charge in [-0.25, -0.2) is 14.6 Å². The molecule has 0 saturated heterocycles. The molecule has 4 rings (SSSR count). The van der Waals surface area contributed by atoms with Crippen LogP contribution in [0.2, 0.25) is 5.02 Å². The summed E-state index contributed by atoms with van der Waals surface area (Å²) in [6, 6.07) is 4.67. The van der Waals surface area contributed by atoms with Gasteiger partial charge in [-0.1, -0.05) is 11.6 Å². The number of nitrogens with one attached hydrogen (secondary N) is 1. The van der Waals surface area contributed by atoms with Gasteiger partial charge in [-0.2, -0.15) is 5.10 Å². The first kappa shape index (κ1) is 18.1. The Kier molecular flexibility index (Phi) is 4.35. The van der Waals surface area contributed by atoms with Gasteiger partial charge in [0.25, 0.3) is 5.56 Å². The normalized spacial score (nSPS) is 11.5. The van der Waals surface area contributed by atoms with E-state index in [-0.39, 0.29) is 27.6 Å². The number of H-pyrrole nitrogens is 1. The molecule has 0 aromatic carbocycles. The van der Waals surface area contributed by atoms with Gasteiger partial charge in [0, 0.05) is 36.3 Å². The molecule has 0 radical (unpaired) electrons. The first-order valence-corrected chi connectivity index (χ1v) is 9.07. The molecule has 0 amide bonds. The Balaban J connectivity index is 2.09. The third-order valence-corrected chi connectivity index (χ3v) is 4.60. The predicted octanol–water partition coefficient (Wildman–Crippen LogP) is 2.88. The molecule has 0 bridgehead atoms. The van der Waals surface area contributed by atoms with Crippen molar-refractivity contribution in [1.82, 2.24) is 29.3 Å². The van der Waals surface area contributed by atoms with E-state index in [2.05, 4.69) is 20.1 Å². The topological polar surface area (TPSA) is 98.5 Å². The van der Waals surface area contributed by atoms with Gasteiger partial charge in [-0.15, -0.1) is 0 Å². The molecule has 0 atom stereocenters. The van der Waals surface area contributed by atoms with Crippen LogP contribution in [0.5, 0.6) is 0 Å². The Hall–Kier alpha value is -3.26.